The molecule has 2 rings (SSSR count). The van der Waals surface area contributed by atoms with Gasteiger partial charge in [0, 0.05) is 17.7 Å². The Balaban J connectivity index is 2.76. The molecule has 96 valence electrons. The molecule has 0 bridgehead atoms. The zero-order chi connectivity index (χ0) is 13.4. The summed E-state index contributed by atoms with van der Waals surface area (Å²) in [7, 11) is 0. The Labute approximate surface area is 102 Å². The first-order valence-corrected chi connectivity index (χ1v) is 5.54. The third-order valence-electron chi connectivity index (χ3n) is 2.61. The molecule has 0 aliphatic rings. The van der Waals surface area contributed by atoms with Crippen molar-refractivity contribution in [2.45, 2.75) is 20.3 Å². The van der Waals surface area contributed by atoms with E-state index in [1.807, 2.05) is 13.8 Å². The minimum absolute atomic E-state index is 0.0579. The second-order valence-electron chi connectivity index (χ2n) is 4.57. The summed E-state index contributed by atoms with van der Waals surface area (Å²) in [5.41, 5.74) is 0.213. The molecule has 5 heteroatoms. The fourth-order valence-corrected chi connectivity index (χ4v) is 1.98. The molecule has 0 saturated heterocycles. The number of hydrogen-bond donors (Lipinski definition) is 1. The minimum atomic E-state index is -1.28. The average Bonchev–Trinajstić information content (AvgIpc) is 2.55. The zero-order valence-electron chi connectivity index (χ0n) is 9.96. The number of rotatable bonds is 3. The molecule has 1 N–H and O–H groups in total. The van der Waals surface area contributed by atoms with Crippen molar-refractivity contribution in [3.05, 3.63) is 35.1 Å². The summed E-state index contributed by atoms with van der Waals surface area (Å²) in [6.07, 6.45) is 0.358. The molecule has 2 aromatic rings. The van der Waals surface area contributed by atoms with Gasteiger partial charge in [-0.25, -0.2) is 13.6 Å². The van der Waals surface area contributed by atoms with E-state index in [2.05, 4.69) is 0 Å². The van der Waals surface area contributed by atoms with Gasteiger partial charge in [-0.1, -0.05) is 13.8 Å². The van der Waals surface area contributed by atoms with Crippen LogP contribution < -0.4 is 0 Å². The number of hydrogen-bond acceptors (Lipinski definition) is 2. The SMILES string of the molecule is CC(C)Cc1c(C(=O)O)oc2cc(F)cc(F)c12. The van der Waals surface area contributed by atoms with Gasteiger partial charge in [0.15, 0.2) is 0 Å². The standard InChI is InChI=1S/C13H12F2O3/c1-6(2)3-8-11-9(15)4-7(14)5-10(11)18-12(8)13(16)17/h4-6H,3H2,1-2H3,(H,16,17). The van der Waals surface area contributed by atoms with Crippen molar-refractivity contribution in [2.24, 2.45) is 5.92 Å². The van der Waals surface area contributed by atoms with E-state index in [1.165, 1.54) is 0 Å². The molecule has 3 nitrogen and oxygen atoms in total. The van der Waals surface area contributed by atoms with Gasteiger partial charge in [-0.2, -0.15) is 0 Å². The third-order valence-corrected chi connectivity index (χ3v) is 2.61. The van der Waals surface area contributed by atoms with E-state index in [4.69, 9.17) is 9.52 Å². The molecule has 0 aliphatic carbocycles. The largest absolute Gasteiger partial charge is 0.475 e. The van der Waals surface area contributed by atoms with Crippen molar-refractivity contribution in [2.75, 3.05) is 0 Å². The Morgan fingerprint density at radius 3 is 2.61 bits per heavy atom. The number of furan rings is 1. The number of carboxylic acids is 1. The molecule has 0 spiro atoms. The molecular formula is C13H12F2O3. The number of benzene rings is 1. The highest BCUT2D eigenvalue weighted by Gasteiger charge is 2.23. The Kier molecular flexibility index (Phi) is 3.07. The second-order valence-corrected chi connectivity index (χ2v) is 4.57. The molecule has 0 unspecified atom stereocenters. The van der Waals surface area contributed by atoms with Crippen molar-refractivity contribution < 1.29 is 23.1 Å². The minimum Gasteiger partial charge on any atom is -0.475 e. The van der Waals surface area contributed by atoms with E-state index in [1.54, 1.807) is 0 Å². The second kappa shape index (κ2) is 4.40. The molecular weight excluding hydrogens is 242 g/mol. The lowest BCUT2D eigenvalue weighted by molar-refractivity contribution is 0.0663. The van der Waals surface area contributed by atoms with Crippen LogP contribution >= 0.6 is 0 Å². The molecule has 0 aliphatic heterocycles. The number of carboxylic acid groups (broad SMARTS) is 1. The van der Waals surface area contributed by atoms with Crippen LogP contribution in [-0.4, -0.2) is 11.1 Å². The van der Waals surface area contributed by atoms with Gasteiger partial charge in [0.2, 0.25) is 5.76 Å². The maximum atomic E-state index is 13.7. The summed E-state index contributed by atoms with van der Waals surface area (Å²) >= 11 is 0. The van der Waals surface area contributed by atoms with E-state index >= 15 is 0 Å². The smallest absolute Gasteiger partial charge is 0.372 e. The van der Waals surface area contributed by atoms with Crippen molar-refractivity contribution in [3.8, 4) is 0 Å². The molecule has 1 aromatic carbocycles. The first kappa shape index (κ1) is 12.5. The fraction of sp³-hybridized carbons (Fsp3) is 0.308. The van der Waals surface area contributed by atoms with Crippen LogP contribution in [0.4, 0.5) is 8.78 Å². The number of fused-ring (bicyclic) bond motifs is 1. The van der Waals surface area contributed by atoms with Gasteiger partial charge in [0.05, 0.1) is 5.39 Å². The Hall–Kier alpha value is -1.91. The summed E-state index contributed by atoms with van der Waals surface area (Å²) < 4.78 is 31.8. The molecule has 18 heavy (non-hydrogen) atoms. The molecule has 0 amide bonds. The van der Waals surface area contributed by atoms with E-state index in [0.717, 1.165) is 12.1 Å². The van der Waals surface area contributed by atoms with Crippen LogP contribution in [0.2, 0.25) is 0 Å². The highest BCUT2D eigenvalue weighted by atomic mass is 19.1. The summed E-state index contributed by atoms with van der Waals surface area (Å²) in [5, 5.41) is 9.09. The maximum Gasteiger partial charge on any atom is 0.372 e. The number of carbonyl (C=O) groups is 1. The Morgan fingerprint density at radius 2 is 2.06 bits per heavy atom. The molecule has 0 fully saturated rings. The van der Waals surface area contributed by atoms with Gasteiger partial charge in [-0.3, -0.25) is 0 Å². The molecule has 1 heterocycles. The van der Waals surface area contributed by atoms with Gasteiger partial charge in [-0.15, -0.1) is 0 Å². The lowest BCUT2D eigenvalue weighted by Gasteiger charge is -2.04. The zero-order valence-corrected chi connectivity index (χ0v) is 9.96. The average molecular weight is 254 g/mol. The van der Waals surface area contributed by atoms with Crippen LogP contribution in [0.25, 0.3) is 11.0 Å². The fourth-order valence-electron chi connectivity index (χ4n) is 1.98. The van der Waals surface area contributed by atoms with Gasteiger partial charge < -0.3 is 9.52 Å². The van der Waals surface area contributed by atoms with Gasteiger partial charge in [0.25, 0.3) is 0 Å². The monoisotopic (exact) mass is 254 g/mol. The normalized spacial score (nSPS) is 11.4. The summed E-state index contributed by atoms with van der Waals surface area (Å²) in [4.78, 5) is 11.1. The molecule has 0 atom stereocenters. The summed E-state index contributed by atoms with van der Waals surface area (Å²) in [6, 6.07) is 1.72. The first-order valence-electron chi connectivity index (χ1n) is 5.54. The predicted octanol–water partition coefficient (Wildman–Crippen LogP) is 3.61. The van der Waals surface area contributed by atoms with Crippen LogP contribution in [0, 0.1) is 17.6 Å². The van der Waals surface area contributed by atoms with Crippen LogP contribution in [-0.2, 0) is 6.42 Å². The first-order chi connectivity index (χ1) is 8.40. The van der Waals surface area contributed by atoms with Gasteiger partial charge >= 0.3 is 5.97 Å². The van der Waals surface area contributed by atoms with Crippen LogP contribution in [0.15, 0.2) is 16.5 Å². The van der Waals surface area contributed by atoms with Crippen LogP contribution in [0.5, 0.6) is 0 Å². The number of halogens is 2. The highest BCUT2D eigenvalue weighted by Crippen LogP contribution is 2.31. The third kappa shape index (κ3) is 2.08. The highest BCUT2D eigenvalue weighted by molar-refractivity contribution is 5.95. The summed E-state index contributed by atoms with van der Waals surface area (Å²) in [5.74, 6) is -3.04. The lowest BCUT2D eigenvalue weighted by Crippen LogP contribution is -2.02. The van der Waals surface area contributed by atoms with Gasteiger partial charge in [-0.05, 0) is 12.3 Å². The molecule has 0 saturated carbocycles. The predicted molar refractivity (Wildman–Crippen MR) is 61.6 cm³/mol. The van der Waals surface area contributed by atoms with E-state index in [0.29, 0.717) is 6.42 Å². The van der Waals surface area contributed by atoms with E-state index in [-0.39, 0.29) is 28.2 Å². The van der Waals surface area contributed by atoms with Crippen molar-refractivity contribution >= 4 is 16.9 Å². The van der Waals surface area contributed by atoms with Crippen molar-refractivity contribution in [3.63, 3.8) is 0 Å². The quantitative estimate of drug-likeness (QED) is 0.910. The van der Waals surface area contributed by atoms with E-state index in [9.17, 15) is 13.6 Å². The topological polar surface area (TPSA) is 50.4 Å². The van der Waals surface area contributed by atoms with Gasteiger partial charge in [0.1, 0.15) is 17.2 Å². The van der Waals surface area contributed by atoms with Crippen LogP contribution in [0.3, 0.4) is 0 Å². The number of aromatic carboxylic acids is 1. The van der Waals surface area contributed by atoms with Crippen LogP contribution in [0.1, 0.15) is 30.0 Å². The molecule has 0 radical (unpaired) electrons. The Bertz CT molecular complexity index is 614. The maximum absolute atomic E-state index is 13.7. The van der Waals surface area contributed by atoms with Crippen molar-refractivity contribution in [1.29, 1.82) is 0 Å². The molecule has 1 aromatic heterocycles. The lowest BCUT2D eigenvalue weighted by atomic mass is 9.99. The summed E-state index contributed by atoms with van der Waals surface area (Å²) in [6.45, 7) is 3.76. The Morgan fingerprint density at radius 1 is 1.39 bits per heavy atom. The van der Waals surface area contributed by atoms with E-state index < -0.39 is 17.6 Å². The van der Waals surface area contributed by atoms with Crippen molar-refractivity contribution in [1.82, 2.24) is 0 Å².